The van der Waals surface area contributed by atoms with Crippen LogP contribution in [0.5, 0.6) is 0 Å². The molecule has 1 unspecified atom stereocenters. The molecule has 1 aromatic heterocycles. The van der Waals surface area contributed by atoms with Crippen molar-refractivity contribution < 1.29 is 19.2 Å². The number of nitrogens with zero attached hydrogens (tertiary/aromatic N) is 4. The number of non-ortho nitro benzene ring substituents is 1. The molecule has 0 spiro atoms. The number of carbonyl (C=O) groups is 2. The number of pyridine rings is 1. The molecule has 1 N–H and O–H groups in total. The van der Waals surface area contributed by atoms with Crippen LogP contribution in [0, 0.1) is 10.1 Å². The van der Waals surface area contributed by atoms with E-state index in [1.165, 1.54) is 23.9 Å². The zero-order valence-corrected chi connectivity index (χ0v) is 22.3. The van der Waals surface area contributed by atoms with Crippen molar-refractivity contribution in [1.82, 2.24) is 15.2 Å². The normalized spacial score (nSPS) is 16.1. The number of fused-ring (bicyclic) bond motifs is 1. The maximum atomic E-state index is 13.5. The van der Waals surface area contributed by atoms with E-state index in [-0.39, 0.29) is 24.6 Å². The second-order valence-electron chi connectivity index (χ2n) is 9.12. The van der Waals surface area contributed by atoms with Crippen LogP contribution in [0.3, 0.4) is 0 Å². The number of aromatic nitrogens is 1. The Hall–Kier alpha value is -4.77. The van der Waals surface area contributed by atoms with Crippen LogP contribution in [0.15, 0.2) is 106 Å². The summed E-state index contributed by atoms with van der Waals surface area (Å²) in [5, 5.41) is 16.6. The van der Waals surface area contributed by atoms with Gasteiger partial charge in [0.1, 0.15) is 6.61 Å². The molecule has 202 valence electrons. The SMILES string of the molecule is CC1=C(C(=O)OCc2ccccc2)C(c2ccc([N+](=O)[O-])cc2)N2C(CC(=O)NCc3cccnc3)=CSC2=N1. The van der Waals surface area contributed by atoms with Crippen LogP contribution in [0.2, 0.25) is 0 Å². The highest BCUT2D eigenvalue weighted by Gasteiger charge is 2.41. The second-order valence-corrected chi connectivity index (χ2v) is 9.95. The monoisotopic (exact) mass is 555 g/mol. The van der Waals surface area contributed by atoms with Crippen LogP contribution in [0.25, 0.3) is 0 Å². The first-order valence-corrected chi connectivity index (χ1v) is 13.3. The number of esters is 1. The summed E-state index contributed by atoms with van der Waals surface area (Å²) < 4.78 is 5.69. The Bertz CT molecular complexity index is 1520. The van der Waals surface area contributed by atoms with Gasteiger partial charge in [0.25, 0.3) is 5.69 Å². The molecule has 0 fully saturated rings. The molecule has 3 heterocycles. The number of ether oxygens (including phenoxy) is 1. The fourth-order valence-electron chi connectivity index (χ4n) is 4.46. The molecule has 2 aliphatic heterocycles. The molecule has 0 saturated heterocycles. The lowest BCUT2D eigenvalue weighted by Crippen LogP contribution is -2.38. The lowest BCUT2D eigenvalue weighted by Gasteiger charge is -2.36. The van der Waals surface area contributed by atoms with E-state index in [1.54, 1.807) is 37.5 Å². The molecule has 5 rings (SSSR count). The number of carbonyl (C=O) groups excluding carboxylic acids is 2. The highest BCUT2D eigenvalue weighted by Crippen LogP contribution is 2.45. The first-order chi connectivity index (χ1) is 19.4. The van der Waals surface area contributed by atoms with E-state index < -0.39 is 16.9 Å². The highest BCUT2D eigenvalue weighted by atomic mass is 32.2. The van der Waals surface area contributed by atoms with Gasteiger partial charge in [-0.1, -0.05) is 48.2 Å². The van der Waals surface area contributed by atoms with Gasteiger partial charge in [-0.25, -0.2) is 9.79 Å². The number of benzene rings is 2. The van der Waals surface area contributed by atoms with E-state index in [2.05, 4.69) is 15.3 Å². The van der Waals surface area contributed by atoms with Crippen molar-refractivity contribution in [1.29, 1.82) is 0 Å². The zero-order valence-electron chi connectivity index (χ0n) is 21.5. The first-order valence-electron chi connectivity index (χ1n) is 12.5. The predicted octanol–water partition coefficient (Wildman–Crippen LogP) is 5.01. The summed E-state index contributed by atoms with van der Waals surface area (Å²) in [7, 11) is 0. The van der Waals surface area contributed by atoms with Crippen molar-refractivity contribution in [2.75, 3.05) is 0 Å². The molecule has 2 aromatic carbocycles. The molecule has 40 heavy (non-hydrogen) atoms. The van der Waals surface area contributed by atoms with E-state index in [1.807, 2.05) is 46.7 Å². The molecule has 0 radical (unpaired) electrons. The van der Waals surface area contributed by atoms with Gasteiger partial charge in [0.2, 0.25) is 5.91 Å². The van der Waals surface area contributed by atoms with Gasteiger partial charge in [0.15, 0.2) is 5.17 Å². The summed E-state index contributed by atoms with van der Waals surface area (Å²) in [5.74, 6) is -0.760. The third-order valence-electron chi connectivity index (χ3n) is 6.41. The number of aliphatic imine (C=N–C) groups is 1. The highest BCUT2D eigenvalue weighted by molar-refractivity contribution is 8.16. The number of amides is 1. The van der Waals surface area contributed by atoms with Gasteiger partial charge in [-0.15, -0.1) is 0 Å². The van der Waals surface area contributed by atoms with Crippen molar-refractivity contribution in [3.63, 3.8) is 0 Å². The second kappa shape index (κ2) is 12.0. The van der Waals surface area contributed by atoms with Crippen LogP contribution in [0.1, 0.15) is 36.1 Å². The molecule has 10 nitrogen and oxygen atoms in total. The van der Waals surface area contributed by atoms with Gasteiger partial charge in [-0.05, 0) is 47.2 Å². The van der Waals surface area contributed by atoms with Crippen molar-refractivity contribution >= 4 is 34.5 Å². The Morgan fingerprint density at radius 1 is 1.07 bits per heavy atom. The fraction of sp³-hybridized carbons (Fsp3) is 0.172. The van der Waals surface area contributed by atoms with Crippen molar-refractivity contribution in [2.24, 2.45) is 4.99 Å². The van der Waals surface area contributed by atoms with E-state index in [9.17, 15) is 19.7 Å². The molecule has 0 aliphatic carbocycles. The number of allylic oxidation sites excluding steroid dienone is 1. The Morgan fingerprint density at radius 3 is 2.52 bits per heavy atom. The van der Waals surface area contributed by atoms with Crippen molar-refractivity contribution in [3.8, 4) is 0 Å². The molecule has 1 amide bonds. The molecule has 2 aliphatic rings. The Morgan fingerprint density at radius 2 is 1.82 bits per heavy atom. The third-order valence-corrected chi connectivity index (χ3v) is 7.30. The van der Waals surface area contributed by atoms with Crippen LogP contribution in [0.4, 0.5) is 5.69 Å². The summed E-state index contributed by atoms with van der Waals surface area (Å²) in [6.07, 6.45) is 3.40. The number of thioether (sulfide) groups is 1. The minimum absolute atomic E-state index is 0.0428. The number of nitro groups is 1. The summed E-state index contributed by atoms with van der Waals surface area (Å²) in [6, 6.07) is 18.4. The van der Waals surface area contributed by atoms with Crippen LogP contribution < -0.4 is 5.32 Å². The number of amidine groups is 1. The number of hydrogen-bond donors (Lipinski definition) is 1. The van der Waals surface area contributed by atoms with Gasteiger partial charge in [-0.2, -0.15) is 0 Å². The van der Waals surface area contributed by atoms with Gasteiger partial charge in [-0.3, -0.25) is 19.9 Å². The summed E-state index contributed by atoms with van der Waals surface area (Å²) in [4.78, 5) is 47.8. The molecule has 0 bridgehead atoms. The Kier molecular flexibility index (Phi) is 8.02. The van der Waals surface area contributed by atoms with Crippen molar-refractivity contribution in [3.05, 3.63) is 128 Å². The van der Waals surface area contributed by atoms with E-state index in [0.717, 1.165) is 11.1 Å². The summed E-state index contributed by atoms with van der Waals surface area (Å²) >= 11 is 1.35. The molecule has 1 atom stereocenters. The number of nitrogens with one attached hydrogen (secondary N) is 1. The Labute approximate surface area is 234 Å². The standard InChI is InChI=1S/C29H25N5O5S/c1-19-26(28(36)39-17-20-6-3-2-4-7-20)27(22-9-11-23(12-10-22)34(37)38)33-24(18-40-29(33)32-19)14-25(35)31-16-21-8-5-13-30-15-21/h2-13,15,18,27H,14,16-17H2,1H3,(H,31,35). The molecular weight excluding hydrogens is 530 g/mol. The molecule has 3 aromatic rings. The number of rotatable bonds is 9. The van der Waals surface area contributed by atoms with Gasteiger partial charge in [0.05, 0.1) is 28.7 Å². The Balaban J connectivity index is 1.42. The average molecular weight is 556 g/mol. The molecular formula is C29H25N5O5S. The maximum absolute atomic E-state index is 13.5. The first kappa shape index (κ1) is 26.8. The quantitative estimate of drug-likeness (QED) is 0.222. The van der Waals surface area contributed by atoms with E-state index >= 15 is 0 Å². The van der Waals surface area contributed by atoms with Gasteiger partial charge >= 0.3 is 5.97 Å². The smallest absolute Gasteiger partial charge is 0.338 e. The van der Waals surface area contributed by atoms with Crippen molar-refractivity contribution in [2.45, 2.75) is 32.5 Å². The lowest BCUT2D eigenvalue weighted by molar-refractivity contribution is -0.384. The molecule has 11 heteroatoms. The van der Waals surface area contributed by atoms with Crippen LogP contribution in [-0.4, -0.2) is 31.9 Å². The van der Waals surface area contributed by atoms with Crippen LogP contribution in [-0.2, 0) is 27.5 Å². The minimum atomic E-state index is -0.691. The van der Waals surface area contributed by atoms with E-state index in [0.29, 0.717) is 34.2 Å². The van der Waals surface area contributed by atoms with Gasteiger partial charge in [0, 0.05) is 36.8 Å². The third kappa shape index (κ3) is 5.94. The zero-order chi connectivity index (χ0) is 28.1. The lowest BCUT2D eigenvalue weighted by atomic mass is 9.93. The largest absolute Gasteiger partial charge is 0.457 e. The summed E-state index contributed by atoms with van der Waals surface area (Å²) in [5.41, 5.74) is 3.71. The van der Waals surface area contributed by atoms with Crippen LogP contribution >= 0.6 is 11.8 Å². The number of nitro benzene ring substituents is 1. The maximum Gasteiger partial charge on any atom is 0.338 e. The van der Waals surface area contributed by atoms with Gasteiger partial charge < -0.3 is 15.0 Å². The number of hydrogen-bond acceptors (Lipinski definition) is 9. The topological polar surface area (TPSA) is 127 Å². The fourth-order valence-corrected chi connectivity index (χ4v) is 5.42. The predicted molar refractivity (Wildman–Crippen MR) is 150 cm³/mol. The minimum Gasteiger partial charge on any atom is -0.457 e. The average Bonchev–Trinajstić information content (AvgIpc) is 3.36. The molecule has 0 saturated carbocycles. The van der Waals surface area contributed by atoms with E-state index in [4.69, 9.17) is 4.74 Å². The summed E-state index contributed by atoms with van der Waals surface area (Å²) in [6.45, 7) is 2.14.